The Kier molecular flexibility index (Phi) is 6.05. The lowest BCUT2D eigenvalue weighted by Crippen LogP contribution is -2.39. The number of anilines is 1. The van der Waals surface area contributed by atoms with Gasteiger partial charge in [0.15, 0.2) is 0 Å². The Hall–Kier alpha value is -4.04. The summed E-state index contributed by atoms with van der Waals surface area (Å²) in [6, 6.07) is 23.1. The molecule has 0 aliphatic carbocycles. The lowest BCUT2D eigenvalue weighted by atomic mass is 10.0. The van der Waals surface area contributed by atoms with E-state index >= 15 is 0 Å². The third kappa shape index (κ3) is 4.53. The van der Waals surface area contributed by atoms with E-state index in [2.05, 4.69) is 20.8 Å². The summed E-state index contributed by atoms with van der Waals surface area (Å²) in [6.07, 6.45) is 2.04. The number of benzene rings is 3. The van der Waals surface area contributed by atoms with Gasteiger partial charge in [0.05, 0.1) is 5.70 Å². The van der Waals surface area contributed by atoms with E-state index in [0.29, 0.717) is 11.0 Å². The van der Waals surface area contributed by atoms with E-state index in [0.717, 1.165) is 22.4 Å². The summed E-state index contributed by atoms with van der Waals surface area (Å²) >= 11 is 6.11. The number of allylic oxidation sites excluding steroid dienone is 1. The van der Waals surface area contributed by atoms with Crippen LogP contribution < -0.4 is 10.2 Å². The summed E-state index contributed by atoms with van der Waals surface area (Å²) < 4.78 is 14.9. The van der Waals surface area contributed by atoms with Crippen LogP contribution in [-0.4, -0.2) is 32.7 Å². The molecular weight excluding hydrogens is 455 g/mol. The molecule has 7 nitrogen and oxygen atoms in total. The molecule has 170 valence electrons. The summed E-state index contributed by atoms with van der Waals surface area (Å²) in [4.78, 5) is 14.7. The topological polar surface area (TPSA) is 75.9 Å². The van der Waals surface area contributed by atoms with Crippen LogP contribution in [0.15, 0.2) is 84.9 Å². The van der Waals surface area contributed by atoms with Crippen molar-refractivity contribution >= 4 is 29.2 Å². The van der Waals surface area contributed by atoms with Crippen LogP contribution in [-0.2, 0) is 11.3 Å². The second-order valence-electron chi connectivity index (χ2n) is 7.83. The SMILES string of the molecule is O=C(CN1C(c2ccc(Cl)cc2)=C[C@H](c2ccccc2)n2nnnc21)NCc1ccc(F)cc1. The van der Waals surface area contributed by atoms with Gasteiger partial charge in [0.25, 0.3) is 5.95 Å². The Bertz CT molecular complexity index is 1320. The lowest BCUT2D eigenvalue weighted by Gasteiger charge is -2.32. The zero-order valence-corrected chi connectivity index (χ0v) is 18.7. The third-order valence-electron chi connectivity index (χ3n) is 5.57. The first-order valence-electron chi connectivity index (χ1n) is 10.7. The molecule has 2 heterocycles. The number of halogens is 2. The van der Waals surface area contributed by atoms with Gasteiger partial charge in [0.1, 0.15) is 18.4 Å². The fourth-order valence-corrected chi connectivity index (χ4v) is 4.01. The Labute approximate surface area is 200 Å². The van der Waals surface area contributed by atoms with Crippen LogP contribution in [0, 0.1) is 5.82 Å². The smallest absolute Gasteiger partial charge is 0.251 e. The standard InChI is InChI=1S/C25H20ClFN6O/c26-20-10-8-19(9-11-20)22-14-23(18-4-2-1-3-5-18)33-25(29-30-31-33)32(22)16-24(34)28-15-17-6-12-21(27)13-7-17/h1-14,23H,15-16H2,(H,28,34)/t23-/m1/s1. The van der Waals surface area contributed by atoms with E-state index in [9.17, 15) is 9.18 Å². The van der Waals surface area contributed by atoms with Crippen molar-refractivity contribution in [1.82, 2.24) is 25.5 Å². The van der Waals surface area contributed by atoms with Crippen molar-refractivity contribution in [2.45, 2.75) is 12.6 Å². The highest BCUT2D eigenvalue weighted by atomic mass is 35.5. The van der Waals surface area contributed by atoms with Gasteiger partial charge in [0, 0.05) is 11.6 Å². The number of hydrogen-bond donors (Lipinski definition) is 1. The van der Waals surface area contributed by atoms with Crippen molar-refractivity contribution < 1.29 is 9.18 Å². The highest BCUT2D eigenvalue weighted by molar-refractivity contribution is 6.30. The highest BCUT2D eigenvalue weighted by Gasteiger charge is 2.31. The molecule has 9 heteroatoms. The highest BCUT2D eigenvalue weighted by Crippen LogP contribution is 2.36. The van der Waals surface area contributed by atoms with Gasteiger partial charge >= 0.3 is 0 Å². The molecule has 1 aliphatic heterocycles. The molecule has 1 amide bonds. The number of rotatable bonds is 6. The average Bonchev–Trinajstić information content (AvgIpc) is 3.35. The quantitative estimate of drug-likeness (QED) is 0.452. The first-order valence-corrected chi connectivity index (χ1v) is 11.1. The average molecular weight is 475 g/mol. The summed E-state index contributed by atoms with van der Waals surface area (Å²) in [5.41, 5.74) is 3.49. The molecule has 1 atom stereocenters. The number of fused-ring (bicyclic) bond motifs is 1. The van der Waals surface area contributed by atoms with Crippen molar-refractivity contribution in [2.24, 2.45) is 0 Å². The second kappa shape index (κ2) is 9.44. The molecule has 0 unspecified atom stereocenters. The van der Waals surface area contributed by atoms with E-state index in [4.69, 9.17) is 11.6 Å². The molecule has 4 aromatic rings. The Balaban J connectivity index is 1.46. The molecule has 34 heavy (non-hydrogen) atoms. The van der Waals surface area contributed by atoms with Gasteiger partial charge in [-0.15, -0.1) is 0 Å². The predicted molar refractivity (Wildman–Crippen MR) is 127 cm³/mol. The van der Waals surface area contributed by atoms with Crippen LogP contribution in [0.2, 0.25) is 5.02 Å². The molecule has 1 aromatic heterocycles. The van der Waals surface area contributed by atoms with Crippen molar-refractivity contribution in [1.29, 1.82) is 0 Å². The summed E-state index contributed by atoms with van der Waals surface area (Å²) in [5, 5.41) is 15.8. The minimum atomic E-state index is -0.319. The van der Waals surface area contributed by atoms with Gasteiger partial charge in [-0.1, -0.05) is 71.3 Å². The predicted octanol–water partition coefficient (Wildman–Crippen LogP) is 4.23. The molecule has 0 saturated heterocycles. The van der Waals surface area contributed by atoms with Crippen molar-refractivity contribution in [3.05, 3.63) is 112 Å². The Morgan fingerprint density at radius 2 is 1.74 bits per heavy atom. The number of carbonyl (C=O) groups is 1. The number of aromatic nitrogens is 4. The largest absolute Gasteiger partial charge is 0.350 e. The van der Waals surface area contributed by atoms with Crippen LogP contribution in [0.1, 0.15) is 22.7 Å². The number of nitrogens with zero attached hydrogens (tertiary/aromatic N) is 5. The number of carbonyl (C=O) groups excluding carboxylic acids is 1. The molecule has 0 spiro atoms. The summed E-state index contributed by atoms with van der Waals surface area (Å²) in [7, 11) is 0. The van der Waals surface area contributed by atoms with Crippen molar-refractivity contribution in [2.75, 3.05) is 11.4 Å². The molecular formula is C25H20ClFN6O. The maximum atomic E-state index is 13.2. The fraction of sp³-hybridized carbons (Fsp3) is 0.120. The lowest BCUT2D eigenvalue weighted by molar-refractivity contribution is -0.119. The van der Waals surface area contributed by atoms with Crippen molar-refractivity contribution in [3.63, 3.8) is 0 Å². The van der Waals surface area contributed by atoms with Gasteiger partial charge in [-0.25, -0.2) is 4.39 Å². The monoisotopic (exact) mass is 474 g/mol. The molecule has 5 rings (SSSR count). The first kappa shape index (κ1) is 21.8. The van der Waals surface area contributed by atoms with Crippen LogP contribution in [0.25, 0.3) is 5.70 Å². The van der Waals surface area contributed by atoms with Crippen LogP contribution in [0.5, 0.6) is 0 Å². The third-order valence-corrected chi connectivity index (χ3v) is 5.82. The van der Waals surface area contributed by atoms with E-state index < -0.39 is 0 Å². The number of tetrazole rings is 1. The maximum absolute atomic E-state index is 13.2. The van der Waals surface area contributed by atoms with Crippen LogP contribution >= 0.6 is 11.6 Å². The zero-order chi connectivity index (χ0) is 23.5. The van der Waals surface area contributed by atoms with Gasteiger partial charge < -0.3 is 5.32 Å². The van der Waals surface area contributed by atoms with Gasteiger partial charge in [-0.3, -0.25) is 9.69 Å². The second-order valence-corrected chi connectivity index (χ2v) is 8.26. The Morgan fingerprint density at radius 3 is 2.47 bits per heavy atom. The summed E-state index contributed by atoms with van der Waals surface area (Å²) in [5.74, 6) is -0.0870. The fourth-order valence-electron chi connectivity index (χ4n) is 3.88. The molecule has 0 bridgehead atoms. The summed E-state index contributed by atoms with van der Waals surface area (Å²) in [6.45, 7) is 0.280. The van der Waals surface area contributed by atoms with Gasteiger partial charge in [-0.2, -0.15) is 4.68 Å². The Morgan fingerprint density at radius 1 is 1.00 bits per heavy atom. The maximum Gasteiger partial charge on any atom is 0.251 e. The normalized spacial score (nSPS) is 14.9. The van der Waals surface area contributed by atoms with Gasteiger partial charge in [0.2, 0.25) is 5.91 Å². The van der Waals surface area contributed by atoms with Crippen LogP contribution in [0.4, 0.5) is 10.3 Å². The number of hydrogen-bond acceptors (Lipinski definition) is 5. The zero-order valence-electron chi connectivity index (χ0n) is 18.0. The molecule has 1 N–H and O–H groups in total. The van der Waals surface area contributed by atoms with E-state index in [1.165, 1.54) is 12.1 Å². The molecule has 0 radical (unpaired) electrons. The van der Waals surface area contributed by atoms with Gasteiger partial charge in [-0.05, 0) is 57.5 Å². The minimum absolute atomic E-state index is 0.00244. The van der Waals surface area contributed by atoms with E-state index in [1.807, 2.05) is 48.5 Å². The number of nitrogens with one attached hydrogen (secondary N) is 1. The number of amides is 1. The van der Waals surface area contributed by atoms with E-state index in [1.54, 1.807) is 33.8 Å². The molecule has 1 aliphatic rings. The van der Waals surface area contributed by atoms with Crippen LogP contribution in [0.3, 0.4) is 0 Å². The first-order chi connectivity index (χ1) is 16.6. The molecule has 0 saturated carbocycles. The minimum Gasteiger partial charge on any atom is -0.350 e. The van der Waals surface area contributed by atoms with Crippen molar-refractivity contribution in [3.8, 4) is 0 Å². The molecule has 3 aromatic carbocycles. The molecule has 0 fully saturated rings. The van der Waals surface area contributed by atoms with E-state index in [-0.39, 0.29) is 30.9 Å².